The second-order valence-electron chi connectivity index (χ2n) is 4.45. The number of hydrogen-bond donors (Lipinski definition) is 1. The van der Waals surface area contributed by atoms with Gasteiger partial charge < -0.3 is 5.73 Å². The Bertz CT molecular complexity index is 235. The van der Waals surface area contributed by atoms with Crippen LogP contribution in [0.25, 0.3) is 0 Å². The molecule has 0 radical (unpaired) electrons. The zero-order valence-corrected chi connectivity index (χ0v) is 11.6. The highest BCUT2D eigenvalue weighted by molar-refractivity contribution is 4.99. The van der Waals surface area contributed by atoms with E-state index < -0.39 is 0 Å². The molecule has 2 heteroatoms. The molecule has 0 heterocycles. The van der Waals surface area contributed by atoms with Gasteiger partial charge in [-0.3, -0.25) is 4.90 Å². The maximum atomic E-state index is 6.35. The Labute approximate surface area is 102 Å². The summed E-state index contributed by atoms with van der Waals surface area (Å²) in [5.41, 5.74) is 6.46. The van der Waals surface area contributed by atoms with Crippen LogP contribution >= 0.6 is 0 Å². The third kappa shape index (κ3) is 3.81. The van der Waals surface area contributed by atoms with Crippen LogP contribution in [-0.4, -0.2) is 29.6 Å². The highest BCUT2D eigenvalue weighted by Gasteiger charge is 2.33. The predicted octanol–water partition coefficient (Wildman–Crippen LogP) is 2.63. The topological polar surface area (TPSA) is 29.3 Å². The molecule has 2 unspecified atom stereocenters. The van der Waals surface area contributed by atoms with E-state index in [-0.39, 0.29) is 11.6 Å². The molecule has 0 aliphatic carbocycles. The molecule has 0 aromatic heterocycles. The molecule has 0 bridgehead atoms. The first-order chi connectivity index (χ1) is 7.56. The van der Waals surface area contributed by atoms with Gasteiger partial charge in [0.15, 0.2) is 0 Å². The van der Waals surface area contributed by atoms with Gasteiger partial charge in [-0.15, -0.1) is 11.8 Å². The fourth-order valence-electron chi connectivity index (χ4n) is 2.33. The third-order valence-corrected chi connectivity index (χ3v) is 3.76. The van der Waals surface area contributed by atoms with Crippen LogP contribution in [0.2, 0.25) is 0 Å². The zero-order chi connectivity index (χ0) is 12.6. The van der Waals surface area contributed by atoms with Gasteiger partial charge in [0, 0.05) is 18.0 Å². The van der Waals surface area contributed by atoms with Crippen LogP contribution < -0.4 is 5.73 Å². The lowest BCUT2D eigenvalue weighted by Gasteiger charge is -2.44. The summed E-state index contributed by atoms with van der Waals surface area (Å²) < 4.78 is 0. The van der Waals surface area contributed by atoms with Crippen LogP contribution in [0, 0.1) is 11.8 Å². The first kappa shape index (κ1) is 15.5. The van der Waals surface area contributed by atoms with Crippen molar-refractivity contribution in [1.82, 2.24) is 4.90 Å². The van der Waals surface area contributed by atoms with Gasteiger partial charge in [0.2, 0.25) is 0 Å². The Morgan fingerprint density at radius 1 is 1.25 bits per heavy atom. The minimum atomic E-state index is 0.110. The molecule has 0 fully saturated rings. The Hall–Kier alpha value is -0.520. The van der Waals surface area contributed by atoms with Crippen LogP contribution in [0.15, 0.2) is 0 Å². The van der Waals surface area contributed by atoms with Crippen molar-refractivity contribution in [1.29, 1.82) is 0 Å². The van der Waals surface area contributed by atoms with Crippen LogP contribution in [0.4, 0.5) is 0 Å². The van der Waals surface area contributed by atoms with Crippen molar-refractivity contribution in [2.75, 3.05) is 13.1 Å². The monoisotopic (exact) mass is 224 g/mol. The summed E-state index contributed by atoms with van der Waals surface area (Å²) in [6, 6.07) is 0.207. The number of nitrogens with two attached hydrogens (primary N) is 1. The Morgan fingerprint density at radius 3 is 2.19 bits per heavy atom. The van der Waals surface area contributed by atoms with Gasteiger partial charge in [0.05, 0.1) is 0 Å². The molecular weight excluding hydrogens is 196 g/mol. The second-order valence-corrected chi connectivity index (χ2v) is 4.45. The smallest absolute Gasteiger partial charge is 0.0329 e. The average Bonchev–Trinajstić information content (AvgIpc) is 2.30. The fourth-order valence-corrected chi connectivity index (χ4v) is 2.33. The molecule has 0 spiro atoms. The minimum Gasteiger partial charge on any atom is -0.326 e. The molecule has 0 aliphatic heterocycles. The van der Waals surface area contributed by atoms with E-state index in [9.17, 15) is 0 Å². The number of rotatable bonds is 7. The van der Waals surface area contributed by atoms with E-state index in [4.69, 9.17) is 5.73 Å². The van der Waals surface area contributed by atoms with Gasteiger partial charge in [-0.1, -0.05) is 20.8 Å². The molecule has 2 atom stereocenters. The first-order valence-electron chi connectivity index (χ1n) is 6.46. The molecule has 0 saturated carbocycles. The molecule has 0 aromatic rings. The van der Waals surface area contributed by atoms with E-state index in [0.717, 1.165) is 32.4 Å². The predicted molar refractivity (Wildman–Crippen MR) is 72.3 cm³/mol. The molecule has 2 N–H and O–H groups in total. The highest BCUT2D eigenvalue weighted by atomic mass is 15.2. The Morgan fingerprint density at radius 2 is 1.81 bits per heavy atom. The Kier molecular flexibility index (Phi) is 7.45. The van der Waals surface area contributed by atoms with Gasteiger partial charge in [0.1, 0.15) is 0 Å². The Balaban J connectivity index is 4.56. The normalized spacial score (nSPS) is 16.4. The number of likely N-dealkylation sites (N-methyl/N-ethyl adjacent to an activating group) is 1. The van der Waals surface area contributed by atoms with Gasteiger partial charge >= 0.3 is 0 Å². The molecule has 0 amide bonds. The quantitative estimate of drug-likeness (QED) is 0.674. The lowest BCUT2D eigenvalue weighted by molar-refractivity contribution is 0.0820. The molecule has 0 rings (SSSR count). The van der Waals surface area contributed by atoms with E-state index in [1.54, 1.807) is 0 Å². The SMILES string of the molecule is CC#CCCC(N)C(C)(CC)N(CC)CC. The average molecular weight is 224 g/mol. The third-order valence-electron chi connectivity index (χ3n) is 3.76. The maximum absolute atomic E-state index is 6.35. The standard InChI is InChI=1S/C14H28N2/c1-6-10-11-12-13(15)14(5,7-2)16(8-3)9-4/h13H,7-9,11-12,15H2,1-5H3. The fraction of sp³-hybridized carbons (Fsp3) is 0.857. The van der Waals surface area contributed by atoms with E-state index >= 15 is 0 Å². The molecule has 2 nitrogen and oxygen atoms in total. The summed E-state index contributed by atoms with van der Waals surface area (Å²) in [5.74, 6) is 6.03. The molecule has 16 heavy (non-hydrogen) atoms. The van der Waals surface area contributed by atoms with Crippen LogP contribution in [-0.2, 0) is 0 Å². The molecule has 0 aromatic carbocycles. The van der Waals surface area contributed by atoms with Crippen molar-refractivity contribution in [2.24, 2.45) is 5.73 Å². The van der Waals surface area contributed by atoms with Crippen molar-refractivity contribution in [3.8, 4) is 11.8 Å². The molecule has 0 aliphatic rings. The van der Waals surface area contributed by atoms with Crippen molar-refractivity contribution >= 4 is 0 Å². The molecule has 0 saturated heterocycles. The van der Waals surface area contributed by atoms with Gasteiger partial charge in [-0.25, -0.2) is 0 Å². The number of hydrogen-bond acceptors (Lipinski definition) is 2. The minimum absolute atomic E-state index is 0.110. The molecule has 94 valence electrons. The van der Waals surface area contributed by atoms with Crippen molar-refractivity contribution < 1.29 is 0 Å². The van der Waals surface area contributed by atoms with E-state index in [0.29, 0.717) is 0 Å². The largest absolute Gasteiger partial charge is 0.326 e. The van der Waals surface area contributed by atoms with E-state index in [2.05, 4.69) is 44.4 Å². The maximum Gasteiger partial charge on any atom is 0.0329 e. The summed E-state index contributed by atoms with van der Waals surface area (Å²) in [6.07, 6.45) is 2.99. The summed E-state index contributed by atoms with van der Waals surface area (Å²) in [5, 5.41) is 0. The zero-order valence-electron chi connectivity index (χ0n) is 11.6. The summed E-state index contributed by atoms with van der Waals surface area (Å²) in [6.45, 7) is 12.9. The second kappa shape index (κ2) is 7.70. The van der Waals surface area contributed by atoms with Crippen LogP contribution in [0.3, 0.4) is 0 Å². The van der Waals surface area contributed by atoms with Crippen molar-refractivity contribution in [3.05, 3.63) is 0 Å². The lowest BCUT2D eigenvalue weighted by atomic mass is 9.85. The lowest BCUT2D eigenvalue weighted by Crippen LogP contribution is -2.57. The highest BCUT2D eigenvalue weighted by Crippen LogP contribution is 2.24. The summed E-state index contributed by atoms with van der Waals surface area (Å²) in [7, 11) is 0. The van der Waals surface area contributed by atoms with Crippen LogP contribution in [0.1, 0.15) is 53.9 Å². The van der Waals surface area contributed by atoms with Gasteiger partial charge in [-0.2, -0.15) is 0 Å². The molecular formula is C14H28N2. The van der Waals surface area contributed by atoms with Gasteiger partial charge in [0.25, 0.3) is 0 Å². The van der Waals surface area contributed by atoms with Crippen molar-refractivity contribution in [2.45, 2.75) is 65.5 Å². The van der Waals surface area contributed by atoms with Crippen molar-refractivity contribution in [3.63, 3.8) is 0 Å². The van der Waals surface area contributed by atoms with Gasteiger partial charge in [-0.05, 0) is 39.8 Å². The summed E-state index contributed by atoms with van der Waals surface area (Å²) >= 11 is 0. The summed E-state index contributed by atoms with van der Waals surface area (Å²) in [4.78, 5) is 2.47. The van der Waals surface area contributed by atoms with E-state index in [1.165, 1.54) is 0 Å². The first-order valence-corrected chi connectivity index (χ1v) is 6.46. The number of nitrogens with zero attached hydrogens (tertiary/aromatic N) is 1. The van der Waals surface area contributed by atoms with Crippen LogP contribution in [0.5, 0.6) is 0 Å². The van der Waals surface area contributed by atoms with E-state index in [1.807, 2.05) is 6.92 Å².